The number of rotatable bonds is 10. The lowest BCUT2D eigenvalue weighted by atomic mass is 10.2. The van der Waals surface area contributed by atoms with Crippen molar-refractivity contribution < 1.29 is 30.8 Å². The fourth-order valence-electron chi connectivity index (χ4n) is 2.80. The molecule has 184 valence electrons. The summed E-state index contributed by atoms with van der Waals surface area (Å²) in [7, 11) is -4.38. The maximum Gasteiger partial charge on any atom is 0.504 e. The van der Waals surface area contributed by atoms with Crippen LogP contribution in [0.3, 0.4) is 0 Å². The van der Waals surface area contributed by atoms with Crippen molar-refractivity contribution in [1.29, 1.82) is 0 Å². The molecule has 1 unspecified atom stereocenters. The monoisotopic (exact) mass is 491 g/mol. The summed E-state index contributed by atoms with van der Waals surface area (Å²) in [6.45, 7) is 10.7. The van der Waals surface area contributed by atoms with Gasteiger partial charge < -0.3 is 14.2 Å². The van der Waals surface area contributed by atoms with Crippen LogP contribution in [0, 0.1) is 0 Å². The van der Waals surface area contributed by atoms with Crippen LogP contribution in [0.2, 0.25) is 0 Å². The Kier molecular flexibility index (Phi) is 8.83. The molecule has 0 N–H and O–H groups in total. The molecule has 0 spiro atoms. The highest BCUT2D eigenvalue weighted by molar-refractivity contribution is 7.90. The molecule has 0 bridgehead atoms. The van der Waals surface area contributed by atoms with Crippen LogP contribution in [-0.2, 0) is 14.2 Å². The minimum Gasteiger partial charge on any atom is -0.492 e. The Bertz CT molecular complexity index is 1090. The first-order valence-corrected chi connectivity index (χ1v) is 11.8. The number of halogens is 3. The van der Waals surface area contributed by atoms with E-state index in [2.05, 4.69) is 23.9 Å². The van der Waals surface area contributed by atoms with Gasteiger partial charge in [0.05, 0.1) is 19.4 Å². The molecule has 0 saturated heterocycles. The molecular weight excluding hydrogens is 463 g/mol. The number of aromatic nitrogens is 1. The molecule has 2 rings (SSSR count). The molecule has 13 heteroatoms. The summed E-state index contributed by atoms with van der Waals surface area (Å²) in [5.74, 6) is 1.12. The Hall–Kier alpha value is -2.67. The summed E-state index contributed by atoms with van der Waals surface area (Å²) in [6, 6.07) is 4.29. The molecular formula is C20H28F3N5O4S. The Morgan fingerprint density at radius 2 is 1.79 bits per heavy atom. The Morgan fingerprint density at radius 3 is 2.27 bits per heavy atom. The highest BCUT2D eigenvalue weighted by Crippen LogP contribution is 2.43. The second-order valence-electron chi connectivity index (χ2n) is 7.03. The average Bonchev–Trinajstić information content (AvgIpc) is 3.23. The molecule has 0 amide bonds. The molecule has 0 aliphatic carbocycles. The van der Waals surface area contributed by atoms with Crippen LogP contribution in [0.5, 0.6) is 5.75 Å². The number of hydrogen-bond acceptors (Lipinski definition) is 9. The van der Waals surface area contributed by atoms with E-state index in [4.69, 9.17) is 9.26 Å². The zero-order valence-electron chi connectivity index (χ0n) is 19.3. The lowest BCUT2D eigenvalue weighted by Crippen LogP contribution is -2.24. The molecule has 2 aromatic rings. The van der Waals surface area contributed by atoms with Crippen molar-refractivity contribution in [3.63, 3.8) is 0 Å². The summed E-state index contributed by atoms with van der Waals surface area (Å²) in [4.78, 5) is 1.86. The first-order chi connectivity index (χ1) is 15.5. The van der Waals surface area contributed by atoms with Crippen molar-refractivity contribution in [3.8, 4) is 5.75 Å². The second-order valence-corrected chi connectivity index (χ2v) is 8.96. The summed E-state index contributed by atoms with van der Waals surface area (Å²) in [6.07, 6.45) is 0. The van der Waals surface area contributed by atoms with Crippen LogP contribution in [0.1, 0.15) is 46.3 Å². The van der Waals surface area contributed by atoms with E-state index in [9.17, 15) is 17.4 Å². The normalized spacial score (nSPS) is 14.0. The summed E-state index contributed by atoms with van der Waals surface area (Å²) in [5.41, 5.74) is -5.16. The van der Waals surface area contributed by atoms with E-state index >= 15 is 0 Å². The standard InChI is InChI=1S/C20H28F3N5O4S/c1-7-28(8-2)16-10-15(27-33(29,30-6)20(21,22)23)14(11-18(16)31-9-3)24-25-19-12-17(13(4)5)32-26-19/h10-13H,7-9H2,1-6H3. The molecule has 0 fully saturated rings. The zero-order valence-corrected chi connectivity index (χ0v) is 20.2. The fraction of sp³-hybridized carbons (Fsp3) is 0.550. The first kappa shape index (κ1) is 26.6. The second kappa shape index (κ2) is 11.0. The molecule has 1 aromatic heterocycles. The van der Waals surface area contributed by atoms with Crippen LogP contribution in [0.4, 0.5) is 36.1 Å². The SMILES string of the molecule is CCOc1cc(N=Nc2cc(C(C)C)on2)c(N=S(=O)(OC)C(F)(F)F)cc1N(CC)CC. The Morgan fingerprint density at radius 1 is 1.12 bits per heavy atom. The third-order valence-electron chi connectivity index (χ3n) is 4.54. The maximum absolute atomic E-state index is 13.4. The van der Waals surface area contributed by atoms with Gasteiger partial charge in [-0.15, -0.1) is 10.2 Å². The highest BCUT2D eigenvalue weighted by Gasteiger charge is 2.44. The van der Waals surface area contributed by atoms with Gasteiger partial charge >= 0.3 is 5.51 Å². The van der Waals surface area contributed by atoms with Crippen LogP contribution in [0.15, 0.2) is 37.3 Å². The molecule has 1 aromatic carbocycles. The summed E-state index contributed by atoms with van der Waals surface area (Å²) in [5, 5.41) is 11.7. The van der Waals surface area contributed by atoms with E-state index in [1.807, 2.05) is 32.6 Å². The fourth-order valence-corrected chi connectivity index (χ4v) is 3.57. The van der Waals surface area contributed by atoms with Gasteiger partial charge in [0.2, 0.25) is 5.82 Å². The molecule has 1 heterocycles. The quantitative estimate of drug-likeness (QED) is 0.345. The molecule has 0 saturated carbocycles. The van der Waals surface area contributed by atoms with Gasteiger partial charge in [-0.25, -0.2) is 4.21 Å². The molecule has 0 radical (unpaired) electrons. The average molecular weight is 492 g/mol. The van der Waals surface area contributed by atoms with Crippen molar-refractivity contribution in [3.05, 3.63) is 24.0 Å². The van der Waals surface area contributed by atoms with Crippen molar-refractivity contribution in [2.75, 3.05) is 31.7 Å². The van der Waals surface area contributed by atoms with Crippen LogP contribution in [0.25, 0.3) is 0 Å². The number of azo groups is 1. The Balaban J connectivity index is 2.75. The van der Waals surface area contributed by atoms with Gasteiger partial charge in [-0.05, 0) is 26.8 Å². The van der Waals surface area contributed by atoms with E-state index in [1.165, 1.54) is 12.1 Å². The van der Waals surface area contributed by atoms with Gasteiger partial charge in [0.15, 0.2) is 0 Å². The van der Waals surface area contributed by atoms with Crippen LogP contribution >= 0.6 is 0 Å². The number of benzene rings is 1. The van der Waals surface area contributed by atoms with Gasteiger partial charge in [0.1, 0.15) is 22.9 Å². The van der Waals surface area contributed by atoms with Gasteiger partial charge in [-0.2, -0.15) is 17.5 Å². The third kappa shape index (κ3) is 6.22. The predicted octanol–water partition coefficient (Wildman–Crippen LogP) is 6.64. The molecule has 33 heavy (non-hydrogen) atoms. The van der Waals surface area contributed by atoms with Gasteiger partial charge in [0, 0.05) is 31.1 Å². The zero-order chi connectivity index (χ0) is 24.8. The van der Waals surface area contributed by atoms with Gasteiger partial charge in [0.25, 0.3) is 10.0 Å². The smallest absolute Gasteiger partial charge is 0.492 e. The van der Waals surface area contributed by atoms with E-state index in [1.54, 1.807) is 13.0 Å². The highest BCUT2D eigenvalue weighted by atomic mass is 32.2. The van der Waals surface area contributed by atoms with Crippen molar-refractivity contribution in [2.24, 2.45) is 14.6 Å². The predicted molar refractivity (Wildman–Crippen MR) is 119 cm³/mol. The van der Waals surface area contributed by atoms with Crippen molar-refractivity contribution in [1.82, 2.24) is 5.16 Å². The minimum absolute atomic E-state index is 0.0584. The summed E-state index contributed by atoms with van der Waals surface area (Å²) < 4.78 is 71.3. The topological polar surface area (TPSA) is 102 Å². The first-order valence-electron chi connectivity index (χ1n) is 10.3. The van der Waals surface area contributed by atoms with E-state index in [0.717, 1.165) is 0 Å². The van der Waals surface area contributed by atoms with Crippen molar-refractivity contribution >= 4 is 32.9 Å². The molecule has 0 aliphatic rings. The number of nitrogens with zero attached hydrogens (tertiary/aromatic N) is 5. The minimum atomic E-state index is -5.22. The van der Waals surface area contributed by atoms with Crippen LogP contribution in [-0.4, -0.2) is 41.7 Å². The molecule has 1 atom stereocenters. The van der Waals surface area contributed by atoms with E-state index in [0.29, 0.717) is 44.0 Å². The lowest BCUT2D eigenvalue weighted by Gasteiger charge is -2.24. The number of anilines is 1. The Labute approximate surface area is 191 Å². The number of hydrogen-bond donors (Lipinski definition) is 0. The summed E-state index contributed by atoms with van der Waals surface area (Å²) >= 11 is 0. The lowest BCUT2D eigenvalue weighted by molar-refractivity contribution is -0.0482. The van der Waals surface area contributed by atoms with Crippen molar-refractivity contribution in [2.45, 2.75) is 46.0 Å². The van der Waals surface area contributed by atoms with Crippen LogP contribution < -0.4 is 9.64 Å². The van der Waals surface area contributed by atoms with E-state index in [-0.39, 0.29) is 23.1 Å². The van der Waals surface area contributed by atoms with Gasteiger partial charge in [-0.1, -0.05) is 19.0 Å². The maximum atomic E-state index is 13.4. The van der Waals surface area contributed by atoms with Gasteiger partial charge in [-0.3, -0.25) is 4.18 Å². The molecule has 0 aliphatic heterocycles. The number of alkyl halides is 3. The third-order valence-corrected chi connectivity index (χ3v) is 6.02. The largest absolute Gasteiger partial charge is 0.504 e. The molecule has 9 nitrogen and oxygen atoms in total. The van der Waals surface area contributed by atoms with E-state index < -0.39 is 15.5 Å². The number of ether oxygens (including phenoxy) is 1.